The van der Waals surface area contributed by atoms with Crippen molar-refractivity contribution in [2.24, 2.45) is 0 Å². The fourth-order valence-electron chi connectivity index (χ4n) is 9.19. The van der Waals surface area contributed by atoms with E-state index in [2.05, 4.69) is 216 Å². The lowest BCUT2D eigenvalue weighted by Gasteiger charge is -2.34. The van der Waals surface area contributed by atoms with E-state index in [4.69, 9.17) is 0 Å². The monoisotopic (exact) mass is 674 g/mol. The van der Waals surface area contributed by atoms with Gasteiger partial charge in [0.15, 0.2) is 0 Å². The SMILES string of the molecule is c1ccc(-c2ccc(-n3ccc4c3ccc3c5ccccc5n(-c5ccc6c(c5)C(c5ccccc5)(c5ccccc5)c5ccccc5-6)c34)cc2)cc1. The molecule has 2 nitrogen and oxygen atoms in total. The van der Waals surface area contributed by atoms with E-state index in [0.29, 0.717) is 0 Å². The van der Waals surface area contributed by atoms with Crippen molar-refractivity contribution in [1.29, 1.82) is 0 Å². The molecule has 0 saturated carbocycles. The van der Waals surface area contributed by atoms with Crippen molar-refractivity contribution in [3.63, 3.8) is 0 Å². The van der Waals surface area contributed by atoms with Gasteiger partial charge in [0, 0.05) is 33.7 Å². The number of hydrogen-bond donors (Lipinski definition) is 0. The Labute approximate surface area is 308 Å². The fourth-order valence-corrected chi connectivity index (χ4v) is 9.19. The minimum Gasteiger partial charge on any atom is -0.316 e. The zero-order chi connectivity index (χ0) is 34.9. The molecule has 0 fully saturated rings. The lowest BCUT2D eigenvalue weighted by Crippen LogP contribution is -2.28. The number of benzene rings is 8. The van der Waals surface area contributed by atoms with Crippen molar-refractivity contribution < 1.29 is 0 Å². The Bertz CT molecular complexity index is 2930. The molecule has 1 aliphatic carbocycles. The van der Waals surface area contributed by atoms with Crippen LogP contribution in [0.15, 0.2) is 206 Å². The van der Waals surface area contributed by atoms with Crippen molar-refractivity contribution in [2.45, 2.75) is 5.41 Å². The molecule has 0 aliphatic heterocycles. The van der Waals surface area contributed by atoms with Crippen LogP contribution < -0.4 is 0 Å². The van der Waals surface area contributed by atoms with E-state index in [0.717, 1.165) is 11.4 Å². The van der Waals surface area contributed by atoms with Gasteiger partial charge >= 0.3 is 0 Å². The first kappa shape index (κ1) is 29.8. The summed E-state index contributed by atoms with van der Waals surface area (Å²) in [6.45, 7) is 0. The number of nitrogens with zero attached hydrogens (tertiary/aromatic N) is 2. The molecule has 0 unspecified atom stereocenters. The summed E-state index contributed by atoms with van der Waals surface area (Å²) >= 11 is 0. The van der Waals surface area contributed by atoms with Crippen molar-refractivity contribution >= 4 is 32.7 Å². The van der Waals surface area contributed by atoms with Crippen LogP contribution in [-0.2, 0) is 5.41 Å². The molecule has 1 aliphatic rings. The van der Waals surface area contributed by atoms with Gasteiger partial charge in [0.1, 0.15) is 0 Å². The minimum atomic E-state index is -0.465. The van der Waals surface area contributed by atoms with Crippen LogP contribution in [0.4, 0.5) is 0 Å². The Morgan fingerprint density at radius 3 is 1.72 bits per heavy atom. The second kappa shape index (κ2) is 11.6. The van der Waals surface area contributed by atoms with E-state index in [1.165, 1.54) is 77.2 Å². The third kappa shape index (κ3) is 4.27. The third-order valence-corrected chi connectivity index (χ3v) is 11.5. The quantitative estimate of drug-likeness (QED) is 0.172. The average molecular weight is 675 g/mol. The summed E-state index contributed by atoms with van der Waals surface area (Å²) in [5.41, 5.74) is 15.7. The molecule has 2 heteroatoms. The molecule has 0 N–H and O–H groups in total. The second-order valence-electron chi connectivity index (χ2n) is 14.1. The number of rotatable bonds is 5. The first-order chi connectivity index (χ1) is 26.3. The highest BCUT2D eigenvalue weighted by Gasteiger charge is 2.46. The molecular formula is C51H34N2. The number of aromatic nitrogens is 2. The van der Waals surface area contributed by atoms with Crippen LogP contribution in [-0.4, -0.2) is 9.13 Å². The van der Waals surface area contributed by atoms with Crippen molar-refractivity contribution in [3.8, 4) is 33.6 Å². The van der Waals surface area contributed by atoms with E-state index >= 15 is 0 Å². The summed E-state index contributed by atoms with van der Waals surface area (Å²) in [6, 6.07) is 73.5. The maximum atomic E-state index is 2.50. The van der Waals surface area contributed by atoms with Gasteiger partial charge in [0.05, 0.1) is 22.0 Å². The van der Waals surface area contributed by atoms with Crippen LogP contribution in [0.25, 0.3) is 66.3 Å². The number of para-hydroxylation sites is 1. The van der Waals surface area contributed by atoms with Crippen LogP contribution in [0.2, 0.25) is 0 Å². The number of fused-ring (bicyclic) bond motifs is 8. The second-order valence-corrected chi connectivity index (χ2v) is 14.1. The zero-order valence-electron chi connectivity index (χ0n) is 29.0. The van der Waals surface area contributed by atoms with Gasteiger partial charge < -0.3 is 9.13 Å². The standard InChI is InChI=1S/C51H34N2/c1-4-14-35(15-5-1)36-24-26-39(27-25-36)52-33-32-45-48(52)31-30-44-43-21-11-13-23-49(43)53(50(44)45)40-28-29-42-41-20-10-12-22-46(41)51(47(42)34-40,37-16-6-2-7-17-37)38-18-8-3-9-19-38/h1-34H. The van der Waals surface area contributed by atoms with Gasteiger partial charge in [-0.15, -0.1) is 0 Å². The Morgan fingerprint density at radius 2 is 0.962 bits per heavy atom. The smallest absolute Gasteiger partial charge is 0.0714 e. The minimum absolute atomic E-state index is 0.465. The topological polar surface area (TPSA) is 9.86 Å². The third-order valence-electron chi connectivity index (χ3n) is 11.5. The lowest BCUT2D eigenvalue weighted by molar-refractivity contribution is 0.767. The van der Waals surface area contributed by atoms with Gasteiger partial charge in [0.25, 0.3) is 0 Å². The summed E-state index contributed by atoms with van der Waals surface area (Å²) in [7, 11) is 0. The van der Waals surface area contributed by atoms with Gasteiger partial charge in [-0.05, 0) is 87.0 Å². The molecule has 53 heavy (non-hydrogen) atoms. The zero-order valence-corrected chi connectivity index (χ0v) is 29.0. The van der Waals surface area contributed by atoms with Gasteiger partial charge in [-0.3, -0.25) is 0 Å². The molecule has 2 heterocycles. The molecule has 2 aromatic heterocycles. The first-order valence-electron chi connectivity index (χ1n) is 18.4. The van der Waals surface area contributed by atoms with Crippen LogP contribution in [0.5, 0.6) is 0 Å². The number of hydrogen-bond acceptors (Lipinski definition) is 0. The summed E-state index contributed by atoms with van der Waals surface area (Å²) < 4.78 is 4.82. The Hall–Kier alpha value is -6.90. The lowest BCUT2D eigenvalue weighted by atomic mass is 9.67. The van der Waals surface area contributed by atoms with Crippen LogP contribution in [0.1, 0.15) is 22.3 Å². The largest absolute Gasteiger partial charge is 0.316 e. The van der Waals surface area contributed by atoms with E-state index in [9.17, 15) is 0 Å². The van der Waals surface area contributed by atoms with Crippen LogP contribution in [0.3, 0.4) is 0 Å². The van der Waals surface area contributed by atoms with Gasteiger partial charge in [-0.1, -0.05) is 158 Å². The Kier molecular flexibility index (Phi) is 6.50. The maximum Gasteiger partial charge on any atom is 0.0714 e. The predicted octanol–water partition coefficient (Wildman–Crippen LogP) is 12.8. The van der Waals surface area contributed by atoms with E-state index in [-0.39, 0.29) is 0 Å². The molecule has 10 aromatic rings. The fraction of sp³-hybridized carbons (Fsp3) is 0.0196. The molecule has 8 aromatic carbocycles. The van der Waals surface area contributed by atoms with Gasteiger partial charge in [-0.2, -0.15) is 0 Å². The molecule has 0 saturated heterocycles. The van der Waals surface area contributed by atoms with Crippen LogP contribution >= 0.6 is 0 Å². The molecule has 0 radical (unpaired) electrons. The molecule has 0 bridgehead atoms. The molecular weight excluding hydrogens is 641 g/mol. The van der Waals surface area contributed by atoms with Gasteiger partial charge in [-0.25, -0.2) is 0 Å². The first-order valence-corrected chi connectivity index (χ1v) is 18.4. The average Bonchev–Trinajstić information content (AvgIpc) is 3.91. The van der Waals surface area contributed by atoms with E-state index < -0.39 is 5.41 Å². The normalized spacial score (nSPS) is 13.1. The summed E-state index contributed by atoms with van der Waals surface area (Å²) in [5.74, 6) is 0. The Balaban J connectivity index is 1.16. The van der Waals surface area contributed by atoms with Crippen molar-refractivity contribution in [1.82, 2.24) is 9.13 Å². The highest BCUT2D eigenvalue weighted by Crippen LogP contribution is 2.56. The predicted molar refractivity (Wildman–Crippen MR) is 220 cm³/mol. The molecule has 248 valence electrons. The van der Waals surface area contributed by atoms with Gasteiger partial charge in [0.2, 0.25) is 0 Å². The molecule has 0 amide bonds. The molecule has 0 spiro atoms. The summed E-state index contributed by atoms with van der Waals surface area (Å²) in [4.78, 5) is 0. The summed E-state index contributed by atoms with van der Waals surface area (Å²) in [6.07, 6.45) is 2.22. The van der Waals surface area contributed by atoms with E-state index in [1.54, 1.807) is 0 Å². The highest BCUT2D eigenvalue weighted by atomic mass is 15.0. The Morgan fingerprint density at radius 1 is 0.358 bits per heavy atom. The van der Waals surface area contributed by atoms with Crippen molar-refractivity contribution in [2.75, 3.05) is 0 Å². The highest BCUT2D eigenvalue weighted by molar-refractivity contribution is 6.18. The molecule has 0 atom stereocenters. The van der Waals surface area contributed by atoms with Crippen LogP contribution in [0, 0.1) is 0 Å². The maximum absolute atomic E-state index is 2.50. The molecule has 11 rings (SSSR count). The van der Waals surface area contributed by atoms with E-state index in [1.807, 2.05) is 0 Å². The van der Waals surface area contributed by atoms with Crippen molar-refractivity contribution in [3.05, 3.63) is 229 Å². The summed E-state index contributed by atoms with van der Waals surface area (Å²) in [5, 5.41) is 3.74.